The summed E-state index contributed by atoms with van der Waals surface area (Å²) in [4.78, 5) is 6.70. The number of hydrogen-bond donors (Lipinski definition) is 0. The molecule has 1 aliphatic rings. The highest BCUT2D eigenvalue weighted by Gasteiger charge is 2.28. The molecular weight excluding hydrogens is 299 g/mol. The van der Waals surface area contributed by atoms with Gasteiger partial charge in [0.05, 0.1) is 23.4 Å². The van der Waals surface area contributed by atoms with Crippen LogP contribution in [0.2, 0.25) is 0 Å². The van der Waals surface area contributed by atoms with Crippen LogP contribution < -0.4 is 0 Å². The van der Waals surface area contributed by atoms with Crippen molar-refractivity contribution < 1.29 is 9.13 Å². The number of aryl methyl sites for hydroxylation is 1. The molecule has 0 bridgehead atoms. The van der Waals surface area contributed by atoms with Crippen molar-refractivity contribution in [3.63, 3.8) is 0 Å². The molecular formula is C17H21FN2OS. The van der Waals surface area contributed by atoms with Gasteiger partial charge in [0, 0.05) is 30.1 Å². The summed E-state index contributed by atoms with van der Waals surface area (Å²) in [6.45, 7) is 6.41. The maximum absolute atomic E-state index is 13.9. The quantitative estimate of drug-likeness (QED) is 0.834. The Morgan fingerprint density at radius 1 is 1.45 bits per heavy atom. The fourth-order valence-corrected chi connectivity index (χ4v) is 3.53. The fraction of sp³-hybridized carbons (Fsp3) is 0.471. The Balaban J connectivity index is 1.54. The molecule has 1 fully saturated rings. The first kappa shape index (κ1) is 15.6. The number of likely N-dealkylation sites (tertiary alicyclic amines) is 1. The van der Waals surface area contributed by atoms with Crippen LogP contribution in [0.25, 0.3) is 0 Å². The summed E-state index contributed by atoms with van der Waals surface area (Å²) in [5, 5.41) is 3.11. The minimum absolute atomic E-state index is 0.0799. The number of thiazole rings is 1. The van der Waals surface area contributed by atoms with Crippen molar-refractivity contribution in [2.45, 2.75) is 39.0 Å². The summed E-state index contributed by atoms with van der Waals surface area (Å²) in [5.74, 6) is -0.127. The topological polar surface area (TPSA) is 25.4 Å². The van der Waals surface area contributed by atoms with E-state index >= 15 is 0 Å². The van der Waals surface area contributed by atoms with Crippen LogP contribution in [-0.2, 0) is 11.3 Å². The Bertz CT molecular complexity index is 631. The summed E-state index contributed by atoms with van der Waals surface area (Å²) in [6.07, 6.45) is 1.19. The van der Waals surface area contributed by atoms with Gasteiger partial charge in [0.1, 0.15) is 5.82 Å². The minimum Gasteiger partial charge on any atom is -0.371 e. The molecule has 0 saturated carbocycles. The van der Waals surface area contributed by atoms with Gasteiger partial charge >= 0.3 is 0 Å². The van der Waals surface area contributed by atoms with Gasteiger partial charge in [-0.1, -0.05) is 18.2 Å². The van der Waals surface area contributed by atoms with E-state index in [2.05, 4.69) is 16.8 Å². The zero-order valence-corrected chi connectivity index (χ0v) is 13.8. The van der Waals surface area contributed by atoms with Crippen LogP contribution in [0, 0.1) is 12.7 Å². The Morgan fingerprint density at radius 3 is 3.00 bits per heavy atom. The van der Waals surface area contributed by atoms with Gasteiger partial charge in [0.15, 0.2) is 0 Å². The van der Waals surface area contributed by atoms with E-state index in [1.807, 2.05) is 24.4 Å². The first-order valence-electron chi connectivity index (χ1n) is 7.64. The summed E-state index contributed by atoms with van der Waals surface area (Å²) in [7, 11) is 0. The van der Waals surface area contributed by atoms with Crippen LogP contribution >= 0.6 is 11.3 Å². The number of nitrogens with zero attached hydrogens (tertiary/aromatic N) is 2. The largest absolute Gasteiger partial charge is 0.371 e. The van der Waals surface area contributed by atoms with Gasteiger partial charge in [-0.2, -0.15) is 0 Å². The molecule has 118 valence electrons. The van der Waals surface area contributed by atoms with Crippen LogP contribution in [0.5, 0.6) is 0 Å². The van der Waals surface area contributed by atoms with E-state index in [-0.39, 0.29) is 18.0 Å². The Hall–Kier alpha value is -1.30. The Morgan fingerprint density at radius 2 is 2.27 bits per heavy atom. The molecule has 5 heteroatoms. The second-order valence-corrected chi connectivity index (χ2v) is 6.83. The summed E-state index contributed by atoms with van der Waals surface area (Å²) in [5.41, 5.74) is 1.77. The lowest BCUT2D eigenvalue weighted by atomic mass is 10.1. The highest BCUT2D eigenvalue weighted by atomic mass is 32.1. The van der Waals surface area contributed by atoms with Crippen molar-refractivity contribution in [3.8, 4) is 0 Å². The van der Waals surface area contributed by atoms with Crippen molar-refractivity contribution in [3.05, 3.63) is 51.7 Å². The molecule has 0 N–H and O–H groups in total. The van der Waals surface area contributed by atoms with Crippen molar-refractivity contribution in [1.29, 1.82) is 0 Å². The van der Waals surface area contributed by atoms with Gasteiger partial charge in [-0.3, -0.25) is 4.90 Å². The molecule has 0 spiro atoms. The van der Waals surface area contributed by atoms with E-state index in [9.17, 15) is 4.39 Å². The fourth-order valence-electron chi connectivity index (χ4n) is 2.93. The van der Waals surface area contributed by atoms with E-state index < -0.39 is 0 Å². The molecule has 3 rings (SSSR count). The predicted molar refractivity (Wildman–Crippen MR) is 86.4 cm³/mol. The van der Waals surface area contributed by atoms with Gasteiger partial charge in [-0.25, -0.2) is 9.37 Å². The third-order valence-electron chi connectivity index (χ3n) is 4.21. The monoisotopic (exact) mass is 320 g/mol. The lowest BCUT2D eigenvalue weighted by Crippen LogP contribution is -2.27. The molecule has 1 aliphatic heterocycles. The maximum atomic E-state index is 13.9. The SMILES string of the molecule is Cc1nc(CO[C@@H]2CCN([C@@H](C)c3ccccc3F)C2)cs1. The second-order valence-electron chi connectivity index (χ2n) is 5.77. The average molecular weight is 320 g/mol. The molecule has 0 amide bonds. The maximum Gasteiger partial charge on any atom is 0.127 e. The van der Waals surface area contributed by atoms with E-state index in [0.717, 1.165) is 35.8 Å². The summed E-state index contributed by atoms with van der Waals surface area (Å²) >= 11 is 1.65. The molecule has 0 unspecified atom stereocenters. The summed E-state index contributed by atoms with van der Waals surface area (Å²) < 4.78 is 19.9. The predicted octanol–water partition coefficient (Wildman–Crippen LogP) is 3.94. The van der Waals surface area contributed by atoms with Crippen molar-refractivity contribution >= 4 is 11.3 Å². The molecule has 2 aromatic rings. The molecule has 1 aromatic carbocycles. The van der Waals surface area contributed by atoms with Crippen molar-refractivity contribution in [2.24, 2.45) is 0 Å². The van der Waals surface area contributed by atoms with Crippen LogP contribution in [0.3, 0.4) is 0 Å². The van der Waals surface area contributed by atoms with Crippen LogP contribution in [0.1, 0.15) is 35.7 Å². The van der Waals surface area contributed by atoms with Gasteiger partial charge in [0.2, 0.25) is 0 Å². The highest BCUT2D eigenvalue weighted by Crippen LogP contribution is 2.27. The molecule has 3 nitrogen and oxygen atoms in total. The second kappa shape index (κ2) is 6.86. The number of aromatic nitrogens is 1. The lowest BCUT2D eigenvalue weighted by molar-refractivity contribution is 0.0420. The number of halogens is 1. The van der Waals surface area contributed by atoms with Crippen molar-refractivity contribution in [1.82, 2.24) is 9.88 Å². The minimum atomic E-state index is -0.127. The van der Waals surface area contributed by atoms with E-state index in [1.165, 1.54) is 6.07 Å². The van der Waals surface area contributed by atoms with Crippen LogP contribution in [-0.4, -0.2) is 29.1 Å². The zero-order valence-electron chi connectivity index (χ0n) is 13.0. The van der Waals surface area contributed by atoms with E-state index in [0.29, 0.717) is 6.61 Å². The number of benzene rings is 1. The first-order chi connectivity index (χ1) is 10.6. The van der Waals surface area contributed by atoms with Gasteiger partial charge in [-0.15, -0.1) is 11.3 Å². The van der Waals surface area contributed by atoms with Crippen LogP contribution in [0.15, 0.2) is 29.6 Å². The Kier molecular flexibility index (Phi) is 4.86. The molecule has 2 heterocycles. The molecule has 1 aromatic heterocycles. The third kappa shape index (κ3) is 3.54. The smallest absolute Gasteiger partial charge is 0.127 e. The molecule has 22 heavy (non-hydrogen) atoms. The van der Waals surface area contributed by atoms with Crippen molar-refractivity contribution in [2.75, 3.05) is 13.1 Å². The van der Waals surface area contributed by atoms with Crippen LogP contribution in [0.4, 0.5) is 4.39 Å². The number of ether oxygens (including phenoxy) is 1. The zero-order chi connectivity index (χ0) is 15.5. The highest BCUT2D eigenvalue weighted by molar-refractivity contribution is 7.09. The van der Waals surface area contributed by atoms with Gasteiger partial charge < -0.3 is 4.74 Å². The number of hydrogen-bond acceptors (Lipinski definition) is 4. The van der Waals surface area contributed by atoms with Gasteiger partial charge in [-0.05, 0) is 26.3 Å². The van der Waals surface area contributed by atoms with E-state index in [4.69, 9.17) is 4.74 Å². The molecule has 0 aliphatic carbocycles. The molecule has 1 saturated heterocycles. The first-order valence-corrected chi connectivity index (χ1v) is 8.52. The Labute approximate surface area is 134 Å². The average Bonchev–Trinajstić information content (AvgIpc) is 3.14. The van der Waals surface area contributed by atoms with Gasteiger partial charge in [0.25, 0.3) is 0 Å². The molecule has 0 radical (unpaired) electrons. The van der Waals surface area contributed by atoms with E-state index in [1.54, 1.807) is 17.4 Å². The normalized spacial score (nSPS) is 20.4. The lowest BCUT2D eigenvalue weighted by Gasteiger charge is -2.25. The molecule has 2 atom stereocenters. The third-order valence-corrected chi connectivity index (χ3v) is 5.04. The standard InChI is InChI=1S/C17H21FN2OS/c1-12(16-5-3-4-6-17(16)18)20-8-7-15(9-20)21-10-14-11-22-13(2)19-14/h3-6,11-12,15H,7-10H2,1-2H3/t12-,15+/m0/s1. The summed E-state index contributed by atoms with van der Waals surface area (Å²) in [6, 6.07) is 7.10. The number of rotatable bonds is 5.